The Bertz CT molecular complexity index is 150. The molecule has 0 aromatic carbocycles. The molecule has 0 aliphatic heterocycles. The van der Waals surface area contributed by atoms with Crippen molar-refractivity contribution in [3.05, 3.63) is 11.8 Å². The molecule has 0 aromatic heterocycles. The van der Waals surface area contributed by atoms with Gasteiger partial charge in [-0.1, -0.05) is 0 Å². The maximum Gasteiger partial charge on any atom is 0.332 e. The van der Waals surface area contributed by atoms with E-state index in [1.54, 1.807) is 6.92 Å². The van der Waals surface area contributed by atoms with Gasteiger partial charge in [0.05, 0.1) is 6.61 Å². The maximum atomic E-state index is 10.7. The Labute approximate surface area is 66.0 Å². The van der Waals surface area contributed by atoms with Crippen molar-refractivity contribution in [2.45, 2.75) is 6.92 Å². The van der Waals surface area contributed by atoms with Crippen LogP contribution in [0.2, 0.25) is 0 Å². The molecule has 0 heterocycles. The number of hydrogen-bond donors (Lipinski definition) is 1. The molecule has 0 unspecified atom stereocenters. The molecule has 11 heavy (non-hydrogen) atoms. The number of allylic oxidation sites excluding steroid dienone is 1. The average molecular weight is 159 g/mol. The van der Waals surface area contributed by atoms with E-state index in [0.717, 1.165) is 0 Å². The number of hydrogen-bond acceptors (Lipinski definition) is 4. The molecule has 0 radical (unpaired) electrons. The Morgan fingerprint density at radius 2 is 2.18 bits per heavy atom. The maximum absolute atomic E-state index is 10.7. The van der Waals surface area contributed by atoms with Crippen LogP contribution in [0.15, 0.2) is 11.8 Å². The van der Waals surface area contributed by atoms with E-state index in [1.807, 2.05) is 0 Å². The van der Waals surface area contributed by atoms with Crippen molar-refractivity contribution >= 4 is 5.97 Å². The van der Waals surface area contributed by atoms with Gasteiger partial charge in [-0.2, -0.15) is 0 Å². The van der Waals surface area contributed by atoms with Gasteiger partial charge in [-0.3, -0.25) is 0 Å². The molecule has 4 heteroatoms. The lowest BCUT2D eigenvalue weighted by atomic mass is 10.4. The van der Waals surface area contributed by atoms with Crippen molar-refractivity contribution in [1.29, 1.82) is 0 Å². The lowest BCUT2D eigenvalue weighted by Gasteiger charge is -1.99. The van der Waals surface area contributed by atoms with Crippen LogP contribution in [0.1, 0.15) is 6.92 Å². The molecule has 0 aliphatic carbocycles. The van der Waals surface area contributed by atoms with Crippen LogP contribution >= 0.6 is 0 Å². The highest BCUT2D eigenvalue weighted by molar-refractivity contribution is 5.82. The fraction of sp³-hybridized carbons (Fsp3) is 0.571. The Morgan fingerprint density at radius 1 is 1.55 bits per heavy atom. The van der Waals surface area contributed by atoms with Gasteiger partial charge >= 0.3 is 5.97 Å². The first kappa shape index (κ1) is 9.97. The number of carbonyl (C=O) groups is 1. The summed E-state index contributed by atoms with van der Waals surface area (Å²) in [7, 11) is 1.54. The van der Waals surface area contributed by atoms with E-state index >= 15 is 0 Å². The summed E-state index contributed by atoms with van der Waals surface area (Å²) in [5.41, 5.74) is 5.66. The zero-order valence-electron chi connectivity index (χ0n) is 6.79. The van der Waals surface area contributed by atoms with Gasteiger partial charge in [0.25, 0.3) is 0 Å². The molecule has 4 nitrogen and oxygen atoms in total. The molecule has 0 aromatic rings. The lowest BCUT2D eigenvalue weighted by Crippen LogP contribution is -2.08. The first-order chi connectivity index (χ1) is 5.16. The Balaban J connectivity index is 3.46. The summed E-state index contributed by atoms with van der Waals surface area (Å²) in [5.74, 6) is -0.429. The van der Waals surface area contributed by atoms with Gasteiger partial charge < -0.3 is 15.2 Å². The third-order valence-corrected chi connectivity index (χ3v) is 0.877. The standard InChI is InChI=1S/C7H13NO3/c1-6(8)5-7(9)11-4-3-10-2/h5H,3-4,8H2,1-2H3. The van der Waals surface area contributed by atoms with Crippen LogP contribution in [0.4, 0.5) is 0 Å². The van der Waals surface area contributed by atoms with E-state index in [0.29, 0.717) is 12.3 Å². The van der Waals surface area contributed by atoms with Gasteiger partial charge in [0, 0.05) is 18.9 Å². The van der Waals surface area contributed by atoms with Crippen LogP contribution in [-0.4, -0.2) is 26.3 Å². The molecule has 0 fully saturated rings. The Morgan fingerprint density at radius 3 is 2.64 bits per heavy atom. The number of esters is 1. The normalized spacial score (nSPS) is 11.3. The molecule has 0 spiro atoms. The summed E-state index contributed by atoms with van der Waals surface area (Å²) in [6.45, 7) is 2.29. The summed E-state index contributed by atoms with van der Waals surface area (Å²) in [4.78, 5) is 10.7. The number of nitrogens with two attached hydrogens (primary N) is 1. The number of ether oxygens (including phenoxy) is 2. The minimum Gasteiger partial charge on any atom is -0.460 e. The fourth-order valence-corrected chi connectivity index (χ4v) is 0.453. The summed E-state index contributed by atoms with van der Waals surface area (Å²) in [6.07, 6.45) is 1.23. The molecular weight excluding hydrogens is 146 g/mol. The zero-order chi connectivity index (χ0) is 8.69. The monoisotopic (exact) mass is 159 g/mol. The van der Waals surface area contributed by atoms with Crippen LogP contribution in [0.5, 0.6) is 0 Å². The quantitative estimate of drug-likeness (QED) is 0.357. The molecule has 0 amide bonds. The second-order valence-electron chi connectivity index (χ2n) is 2.05. The average Bonchev–Trinajstić information content (AvgIpc) is 1.86. The van der Waals surface area contributed by atoms with Crippen molar-refractivity contribution in [1.82, 2.24) is 0 Å². The highest BCUT2D eigenvalue weighted by atomic mass is 16.6. The molecule has 0 bridgehead atoms. The van der Waals surface area contributed by atoms with Crippen LogP contribution in [0.25, 0.3) is 0 Å². The zero-order valence-corrected chi connectivity index (χ0v) is 6.79. The van der Waals surface area contributed by atoms with Crippen LogP contribution in [-0.2, 0) is 14.3 Å². The van der Waals surface area contributed by atoms with E-state index in [9.17, 15) is 4.79 Å². The third-order valence-electron chi connectivity index (χ3n) is 0.877. The molecule has 0 atom stereocenters. The fourth-order valence-electron chi connectivity index (χ4n) is 0.453. The largest absolute Gasteiger partial charge is 0.460 e. The first-order valence-corrected chi connectivity index (χ1v) is 3.26. The predicted molar refractivity (Wildman–Crippen MR) is 40.8 cm³/mol. The van der Waals surface area contributed by atoms with Crippen molar-refractivity contribution in [2.75, 3.05) is 20.3 Å². The summed E-state index contributed by atoms with van der Waals surface area (Å²) >= 11 is 0. The smallest absolute Gasteiger partial charge is 0.332 e. The van der Waals surface area contributed by atoms with Crippen molar-refractivity contribution in [3.8, 4) is 0 Å². The van der Waals surface area contributed by atoms with E-state index in [4.69, 9.17) is 5.73 Å². The molecule has 0 saturated heterocycles. The Hall–Kier alpha value is -1.03. The van der Waals surface area contributed by atoms with Gasteiger partial charge in [-0.15, -0.1) is 0 Å². The predicted octanol–water partition coefficient (Wildman–Crippen LogP) is 0.0385. The summed E-state index contributed by atoms with van der Waals surface area (Å²) in [6, 6.07) is 0. The van der Waals surface area contributed by atoms with Gasteiger partial charge in [0.15, 0.2) is 0 Å². The molecule has 64 valence electrons. The molecule has 0 rings (SSSR count). The summed E-state index contributed by atoms with van der Waals surface area (Å²) < 4.78 is 9.34. The van der Waals surface area contributed by atoms with Gasteiger partial charge in [0.1, 0.15) is 6.61 Å². The minimum atomic E-state index is -0.429. The number of rotatable bonds is 4. The summed E-state index contributed by atoms with van der Waals surface area (Å²) in [5, 5.41) is 0. The van der Waals surface area contributed by atoms with E-state index in [2.05, 4.69) is 9.47 Å². The molecule has 0 saturated carbocycles. The first-order valence-electron chi connectivity index (χ1n) is 3.26. The number of carbonyl (C=O) groups excluding carboxylic acids is 1. The third kappa shape index (κ3) is 6.86. The number of methoxy groups -OCH3 is 1. The van der Waals surface area contributed by atoms with Gasteiger partial charge in [0.2, 0.25) is 0 Å². The van der Waals surface area contributed by atoms with E-state index in [1.165, 1.54) is 13.2 Å². The SMILES string of the molecule is COCCOC(=O)C=C(C)N. The highest BCUT2D eigenvalue weighted by Crippen LogP contribution is 1.85. The van der Waals surface area contributed by atoms with Crippen LogP contribution in [0.3, 0.4) is 0 Å². The topological polar surface area (TPSA) is 61.5 Å². The van der Waals surface area contributed by atoms with Crippen LogP contribution < -0.4 is 5.73 Å². The second kappa shape index (κ2) is 5.73. The van der Waals surface area contributed by atoms with E-state index < -0.39 is 5.97 Å². The molecule has 0 aliphatic rings. The van der Waals surface area contributed by atoms with E-state index in [-0.39, 0.29) is 6.61 Å². The minimum absolute atomic E-state index is 0.263. The van der Waals surface area contributed by atoms with Crippen molar-refractivity contribution in [2.24, 2.45) is 5.73 Å². The van der Waals surface area contributed by atoms with Gasteiger partial charge in [-0.05, 0) is 6.92 Å². The second-order valence-corrected chi connectivity index (χ2v) is 2.05. The molecular formula is C7H13NO3. The van der Waals surface area contributed by atoms with Gasteiger partial charge in [-0.25, -0.2) is 4.79 Å². The van der Waals surface area contributed by atoms with Crippen molar-refractivity contribution < 1.29 is 14.3 Å². The highest BCUT2D eigenvalue weighted by Gasteiger charge is 1.95. The molecule has 2 N–H and O–H groups in total. The van der Waals surface area contributed by atoms with Crippen LogP contribution in [0, 0.1) is 0 Å². The Kier molecular flexibility index (Phi) is 5.20. The lowest BCUT2D eigenvalue weighted by molar-refractivity contribution is -0.139. The van der Waals surface area contributed by atoms with Crippen molar-refractivity contribution in [3.63, 3.8) is 0 Å².